The number of fused-ring (bicyclic) bond motifs is 1. The van der Waals surface area contributed by atoms with Crippen LogP contribution in [0.5, 0.6) is 5.75 Å². The summed E-state index contributed by atoms with van der Waals surface area (Å²) in [6, 6.07) is 21.3. The Bertz CT molecular complexity index is 2200. The lowest BCUT2D eigenvalue weighted by Gasteiger charge is -2.26. The zero-order chi connectivity index (χ0) is 32.5. The zero-order valence-electron chi connectivity index (χ0n) is 24.2. The predicted molar refractivity (Wildman–Crippen MR) is 175 cm³/mol. The molecule has 5 aromatic rings. The number of benzene rings is 3. The molecule has 0 saturated heterocycles. The molecule has 1 aliphatic rings. The summed E-state index contributed by atoms with van der Waals surface area (Å²) in [5.74, 6) is 0.645. The van der Waals surface area contributed by atoms with Crippen LogP contribution in [-0.4, -0.2) is 29.2 Å². The van der Waals surface area contributed by atoms with Crippen molar-refractivity contribution in [3.8, 4) is 17.1 Å². The van der Waals surface area contributed by atoms with E-state index in [4.69, 9.17) is 42.1 Å². The van der Waals surface area contributed by atoms with Crippen LogP contribution in [0.25, 0.3) is 23.1 Å². The normalized spacial score (nSPS) is 14.5. The van der Waals surface area contributed by atoms with Gasteiger partial charge in [-0.3, -0.25) is 19.5 Å². The van der Waals surface area contributed by atoms with Gasteiger partial charge in [0.2, 0.25) is 0 Å². The van der Waals surface area contributed by atoms with E-state index in [0.29, 0.717) is 49.0 Å². The SMILES string of the molecule is CCOC(=O)C1=C(c2ccccc2)N=c2s/c(=C/c3ccc(-c4cc(Cl)c([N+](=O)[O-])cc4Cl)o3)c(=O)n2C1c1ccc(OC)cc1. The highest BCUT2D eigenvalue weighted by molar-refractivity contribution is 7.07. The van der Waals surface area contributed by atoms with Crippen LogP contribution in [0.3, 0.4) is 0 Å². The van der Waals surface area contributed by atoms with Crippen molar-refractivity contribution in [2.24, 2.45) is 4.99 Å². The molecule has 1 atom stereocenters. The van der Waals surface area contributed by atoms with E-state index in [0.717, 1.165) is 17.4 Å². The predicted octanol–water partition coefficient (Wildman–Crippen LogP) is 6.42. The summed E-state index contributed by atoms with van der Waals surface area (Å²) in [5.41, 5.74) is 1.60. The van der Waals surface area contributed by atoms with Gasteiger partial charge in [0.05, 0.1) is 45.5 Å². The number of nitro groups is 1. The quantitative estimate of drug-likeness (QED) is 0.106. The van der Waals surface area contributed by atoms with E-state index in [1.54, 1.807) is 56.5 Å². The standard InChI is InChI=1S/C33H23Cl2N3O7S/c1-3-44-32(40)28-29(18-7-5-4-6-8-18)36-33-37(30(28)19-9-11-20(43-2)12-10-19)31(39)27(46-33)15-21-13-14-26(45-21)22-16-24(35)25(38(41)42)17-23(22)34/h4-17,30H,3H2,1-2H3/b27-15+. The highest BCUT2D eigenvalue weighted by Gasteiger charge is 2.35. The highest BCUT2D eigenvalue weighted by Crippen LogP contribution is 2.38. The van der Waals surface area contributed by atoms with Crippen LogP contribution in [0.2, 0.25) is 10.0 Å². The van der Waals surface area contributed by atoms with Gasteiger partial charge in [-0.2, -0.15) is 0 Å². The van der Waals surface area contributed by atoms with Crippen LogP contribution >= 0.6 is 34.5 Å². The Morgan fingerprint density at radius 1 is 1.09 bits per heavy atom. The van der Waals surface area contributed by atoms with E-state index in [-0.39, 0.29) is 27.9 Å². The van der Waals surface area contributed by atoms with Gasteiger partial charge in [0.25, 0.3) is 11.2 Å². The van der Waals surface area contributed by atoms with E-state index in [1.807, 2.05) is 30.3 Å². The third-order valence-electron chi connectivity index (χ3n) is 7.20. The summed E-state index contributed by atoms with van der Waals surface area (Å²) < 4.78 is 18.6. The fourth-order valence-electron chi connectivity index (χ4n) is 5.11. The average molecular weight is 677 g/mol. The summed E-state index contributed by atoms with van der Waals surface area (Å²) >= 11 is 13.6. The van der Waals surface area contributed by atoms with E-state index in [9.17, 15) is 19.7 Å². The summed E-state index contributed by atoms with van der Waals surface area (Å²) in [6.45, 7) is 1.85. The molecular formula is C33H23Cl2N3O7S. The topological polar surface area (TPSA) is 126 Å². The summed E-state index contributed by atoms with van der Waals surface area (Å²) in [7, 11) is 1.56. The van der Waals surface area contributed by atoms with Crippen LogP contribution in [-0.2, 0) is 9.53 Å². The molecule has 3 aromatic carbocycles. The van der Waals surface area contributed by atoms with Crippen molar-refractivity contribution in [2.75, 3.05) is 13.7 Å². The number of furan rings is 1. The minimum Gasteiger partial charge on any atom is -0.497 e. The maximum atomic E-state index is 14.1. The van der Waals surface area contributed by atoms with Gasteiger partial charge in [-0.15, -0.1) is 0 Å². The second-order valence-electron chi connectivity index (χ2n) is 9.95. The van der Waals surface area contributed by atoms with E-state index < -0.39 is 22.5 Å². The molecule has 0 fully saturated rings. The van der Waals surface area contributed by atoms with Gasteiger partial charge in [-0.25, -0.2) is 9.79 Å². The van der Waals surface area contributed by atoms with Crippen molar-refractivity contribution in [3.63, 3.8) is 0 Å². The number of nitro benzene ring substituents is 1. The van der Waals surface area contributed by atoms with Gasteiger partial charge in [0.1, 0.15) is 22.3 Å². The van der Waals surface area contributed by atoms with Gasteiger partial charge in [-0.05, 0) is 42.8 Å². The summed E-state index contributed by atoms with van der Waals surface area (Å²) in [5, 5.41) is 11.2. The first kappa shape index (κ1) is 31.0. The first-order valence-electron chi connectivity index (χ1n) is 13.9. The van der Waals surface area contributed by atoms with Crippen LogP contribution < -0.4 is 19.6 Å². The van der Waals surface area contributed by atoms with Gasteiger partial charge in [-0.1, -0.05) is 77.0 Å². The molecule has 0 amide bonds. The van der Waals surface area contributed by atoms with E-state index >= 15 is 0 Å². The third kappa shape index (κ3) is 5.76. The van der Waals surface area contributed by atoms with Crippen LogP contribution in [0.15, 0.2) is 98.6 Å². The molecule has 0 radical (unpaired) electrons. The lowest BCUT2D eigenvalue weighted by molar-refractivity contribution is -0.384. The zero-order valence-corrected chi connectivity index (χ0v) is 26.6. The molecule has 10 nitrogen and oxygen atoms in total. The Kier molecular flexibility index (Phi) is 8.63. The van der Waals surface area contributed by atoms with E-state index in [2.05, 4.69) is 0 Å². The number of ether oxygens (including phenoxy) is 2. The minimum atomic E-state index is -0.855. The maximum absolute atomic E-state index is 14.1. The molecule has 46 heavy (non-hydrogen) atoms. The lowest BCUT2D eigenvalue weighted by Crippen LogP contribution is -2.40. The van der Waals surface area contributed by atoms with Crippen molar-refractivity contribution in [1.82, 2.24) is 4.57 Å². The van der Waals surface area contributed by atoms with Gasteiger partial charge in [0.15, 0.2) is 4.80 Å². The first-order chi connectivity index (χ1) is 22.2. The molecule has 1 unspecified atom stereocenters. The Morgan fingerprint density at radius 3 is 2.50 bits per heavy atom. The van der Waals surface area contributed by atoms with Crippen molar-refractivity contribution in [2.45, 2.75) is 13.0 Å². The molecule has 1 aliphatic heterocycles. The molecular weight excluding hydrogens is 653 g/mol. The van der Waals surface area contributed by atoms with Crippen molar-refractivity contribution in [3.05, 3.63) is 141 Å². The van der Waals surface area contributed by atoms with Crippen LogP contribution in [0.4, 0.5) is 5.69 Å². The number of rotatable bonds is 8. The number of esters is 1. The molecule has 2 aromatic heterocycles. The van der Waals surface area contributed by atoms with Crippen LogP contribution in [0, 0.1) is 10.1 Å². The van der Waals surface area contributed by atoms with Crippen molar-refractivity contribution in [1.29, 1.82) is 0 Å². The molecule has 13 heteroatoms. The smallest absolute Gasteiger partial charge is 0.338 e. The number of nitrogens with zero attached hydrogens (tertiary/aromatic N) is 3. The second kappa shape index (κ2) is 12.8. The molecule has 0 bridgehead atoms. The Balaban J connectivity index is 1.53. The van der Waals surface area contributed by atoms with E-state index in [1.165, 1.54) is 10.6 Å². The average Bonchev–Trinajstić information content (AvgIpc) is 3.65. The van der Waals surface area contributed by atoms with Gasteiger partial charge < -0.3 is 13.9 Å². The molecule has 0 N–H and O–H groups in total. The third-order valence-corrected chi connectivity index (χ3v) is 8.80. The molecule has 0 saturated carbocycles. The molecule has 6 rings (SSSR count). The number of hydrogen-bond acceptors (Lipinski definition) is 9. The fraction of sp³-hybridized carbons (Fsp3) is 0.121. The number of hydrogen-bond donors (Lipinski definition) is 0. The largest absolute Gasteiger partial charge is 0.497 e. The first-order valence-corrected chi connectivity index (χ1v) is 15.4. The highest BCUT2D eigenvalue weighted by atomic mass is 35.5. The Labute approximate surface area is 275 Å². The molecule has 0 spiro atoms. The maximum Gasteiger partial charge on any atom is 0.338 e. The Hall–Kier alpha value is -4.97. The number of carbonyl (C=O) groups is 1. The Morgan fingerprint density at radius 2 is 1.83 bits per heavy atom. The van der Waals surface area contributed by atoms with Crippen molar-refractivity contribution < 1.29 is 23.6 Å². The second-order valence-corrected chi connectivity index (χ2v) is 11.8. The molecule has 0 aliphatic carbocycles. The van der Waals surface area contributed by atoms with Crippen molar-refractivity contribution >= 4 is 58.0 Å². The van der Waals surface area contributed by atoms with Gasteiger partial charge >= 0.3 is 5.97 Å². The number of carbonyl (C=O) groups excluding carboxylic acids is 1. The molecule has 3 heterocycles. The molecule has 232 valence electrons. The fourth-order valence-corrected chi connectivity index (χ4v) is 6.58. The summed E-state index contributed by atoms with van der Waals surface area (Å²) in [4.78, 5) is 43.5. The lowest BCUT2D eigenvalue weighted by atomic mass is 9.93. The number of halogens is 2. The number of methoxy groups -OCH3 is 1. The number of aromatic nitrogens is 1. The monoisotopic (exact) mass is 675 g/mol. The summed E-state index contributed by atoms with van der Waals surface area (Å²) in [6.07, 6.45) is 1.57. The van der Waals surface area contributed by atoms with Crippen LogP contribution in [0.1, 0.15) is 29.9 Å². The number of thiazole rings is 1. The minimum absolute atomic E-state index is 0.0794. The van der Waals surface area contributed by atoms with Gasteiger partial charge in [0, 0.05) is 23.3 Å².